The first-order chi connectivity index (χ1) is 11.8. The second kappa shape index (κ2) is 5.73. The van der Waals surface area contributed by atoms with Gasteiger partial charge in [-0.3, -0.25) is 4.79 Å². The molecule has 5 rings (SSSR count). The standard InChI is InChI=1S/C21H30N2O2/c1-13-6-4-5-7-17(13)23-20(2,3)19(24)22-18-15-8-14-9-16(18)12-21(25,10-14)11-15/h4-7,14-16,18,23,25H,8-12H2,1-3H3,(H,22,24)/t14?,15-,16+,18?,21?. The molecule has 4 aliphatic carbocycles. The molecular formula is C21H30N2O2. The summed E-state index contributed by atoms with van der Waals surface area (Å²) in [4.78, 5) is 13.0. The van der Waals surface area contributed by atoms with E-state index in [1.165, 1.54) is 0 Å². The first-order valence-electron chi connectivity index (χ1n) is 9.63. The summed E-state index contributed by atoms with van der Waals surface area (Å²) in [6.07, 6.45) is 5.01. The van der Waals surface area contributed by atoms with Gasteiger partial charge in [0, 0.05) is 11.7 Å². The minimum Gasteiger partial charge on any atom is -0.390 e. The summed E-state index contributed by atoms with van der Waals surface area (Å²) < 4.78 is 0. The number of amides is 1. The first-order valence-corrected chi connectivity index (χ1v) is 9.63. The molecule has 3 unspecified atom stereocenters. The molecule has 4 heteroatoms. The molecule has 0 spiro atoms. The van der Waals surface area contributed by atoms with E-state index in [0.717, 1.165) is 43.4 Å². The van der Waals surface area contributed by atoms with Gasteiger partial charge in [0.15, 0.2) is 0 Å². The van der Waals surface area contributed by atoms with Gasteiger partial charge >= 0.3 is 0 Å². The van der Waals surface area contributed by atoms with Crippen LogP contribution in [0, 0.1) is 24.7 Å². The van der Waals surface area contributed by atoms with Gasteiger partial charge in [-0.05, 0) is 82.3 Å². The van der Waals surface area contributed by atoms with Gasteiger partial charge in [-0.25, -0.2) is 0 Å². The molecule has 4 aliphatic rings. The van der Waals surface area contributed by atoms with Crippen LogP contribution in [0.15, 0.2) is 24.3 Å². The molecule has 1 aromatic rings. The fraction of sp³-hybridized carbons (Fsp3) is 0.667. The van der Waals surface area contributed by atoms with Gasteiger partial charge in [0.1, 0.15) is 5.54 Å². The average molecular weight is 342 g/mol. The summed E-state index contributed by atoms with van der Waals surface area (Å²) in [5.41, 5.74) is 1.02. The molecule has 136 valence electrons. The van der Waals surface area contributed by atoms with Crippen molar-refractivity contribution in [3.05, 3.63) is 29.8 Å². The van der Waals surface area contributed by atoms with Crippen molar-refractivity contribution in [3.8, 4) is 0 Å². The Kier molecular flexibility index (Phi) is 3.87. The van der Waals surface area contributed by atoms with Crippen molar-refractivity contribution in [1.82, 2.24) is 5.32 Å². The predicted molar refractivity (Wildman–Crippen MR) is 99.3 cm³/mol. The van der Waals surface area contributed by atoms with Crippen molar-refractivity contribution < 1.29 is 9.90 Å². The average Bonchev–Trinajstić information content (AvgIpc) is 2.51. The minimum atomic E-state index is -0.669. The zero-order valence-electron chi connectivity index (χ0n) is 15.5. The van der Waals surface area contributed by atoms with Gasteiger partial charge < -0.3 is 15.7 Å². The summed E-state index contributed by atoms with van der Waals surface area (Å²) in [5, 5.41) is 17.5. The van der Waals surface area contributed by atoms with Crippen LogP contribution >= 0.6 is 0 Å². The maximum Gasteiger partial charge on any atom is 0.245 e. The van der Waals surface area contributed by atoms with Crippen LogP contribution in [0.25, 0.3) is 0 Å². The Morgan fingerprint density at radius 3 is 2.40 bits per heavy atom. The highest BCUT2D eigenvalue weighted by Gasteiger charge is 2.55. The molecule has 4 fully saturated rings. The second-order valence-electron chi connectivity index (χ2n) is 9.26. The van der Waals surface area contributed by atoms with Crippen LogP contribution in [-0.4, -0.2) is 28.2 Å². The lowest BCUT2D eigenvalue weighted by atomic mass is 9.52. The number of benzene rings is 1. The maximum atomic E-state index is 13.0. The molecule has 5 atom stereocenters. The second-order valence-corrected chi connectivity index (χ2v) is 9.26. The lowest BCUT2D eigenvalue weighted by molar-refractivity contribution is -0.148. The number of hydrogen-bond acceptors (Lipinski definition) is 3. The van der Waals surface area contributed by atoms with Crippen molar-refractivity contribution in [2.24, 2.45) is 17.8 Å². The highest BCUT2D eigenvalue weighted by molar-refractivity contribution is 5.89. The number of hydrogen-bond donors (Lipinski definition) is 3. The fourth-order valence-corrected chi connectivity index (χ4v) is 5.66. The van der Waals surface area contributed by atoms with Gasteiger partial charge in [-0.2, -0.15) is 0 Å². The van der Waals surface area contributed by atoms with Crippen LogP contribution in [0.3, 0.4) is 0 Å². The fourth-order valence-electron chi connectivity index (χ4n) is 5.66. The SMILES string of the molecule is Cc1ccccc1NC(C)(C)C(=O)NC1[C@@H]2CC3C[C@H]1CC(O)(C3)C2. The van der Waals surface area contributed by atoms with Crippen molar-refractivity contribution in [1.29, 1.82) is 0 Å². The lowest BCUT2D eigenvalue weighted by Gasteiger charge is -2.58. The molecule has 1 aromatic carbocycles. The zero-order chi connectivity index (χ0) is 17.8. The quantitative estimate of drug-likeness (QED) is 0.787. The Bertz CT molecular complexity index is 668. The Morgan fingerprint density at radius 1 is 1.16 bits per heavy atom. The van der Waals surface area contributed by atoms with E-state index in [0.29, 0.717) is 17.8 Å². The molecule has 0 aromatic heterocycles. The molecule has 1 amide bonds. The molecule has 0 radical (unpaired) electrons. The van der Waals surface area contributed by atoms with Crippen molar-refractivity contribution in [3.63, 3.8) is 0 Å². The number of carbonyl (C=O) groups is 1. The predicted octanol–water partition coefficient (Wildman–Crippen LogP) is 3.24. The monoisotopic (exact) mass is 342 g/mol. The maximum absolute atomic E-state index is 13.0. The Balaban J connectivity index is 1.46. The van der Waals surface area contributed by atoms with E-state index in [1.807, 2.05) is 32.0 Å². The van der Waals surface area contributed by atoms with E-state index in [2.05, 4.69) is 23.6 Å². The Labute approximate surface area is 150 Å². The molecule has 0 saturated heterocycles. The smallest absolute Gasteiger partial charge is 0.245 e. The molecular weight excluding hydrogens is 312 g/mol. The van der Waals surface area contributed by atoms with Gasteiger partial charge in [0.05, 0.1) is 5.60 Å². The molecule has 4 bridgehead atoms. The van der Waals surface area contributed by atoms with Crippen LogP contribution < -0.4 is 10.6 Å². The number of para-hydroxylation sites is 1. The van der Waals surface area contributed by atoms with E-state index < -0.39 is 11.1 Å². The number of aryl methyl sites for hydroxylation is 1. The molecule has 4 nitrogen and oxygen atoms in total. The largest absolute Gasteiger partial charge is 0.390 e. The zero-order valence-corrected chi connectivity index (χ0v) is 15.5. The lowest BCUT2D eigenvalue weighted by Crippen LogP contribution is -2.63. The summed E-state index contributed by atoms with van der Waals surface area (Å²) in [6, 6.07) is 8.29. The number of nitrogens with one attached hydrogen (secondary N) is 2. The first kappa shape index (κ1) is 16.9. The summed E-state index contributed by atoms with van der Waals surface area (Å²) in [7, 11) is 0. The van der Waals surface area contributed by atoms with Gasteiger partial charge in [0.25, 0.3) is 0 Å². The van der Waals surface area contributed by atoms with E-state index in [9.17, 15) is 9.90 Å². The van der Waals surface area contributed by atoms with E-state index in [1.54, 1.807) is 0 Å². The van der Waals surface area contributed by atoms with Crippen molar-refractivity contribution in [2.75, 3.05) is 5.32 Å². The Hall–Kier alpha value is -1.55. The van der Waals surface area contributed by atoms with Crippen molar-refractivity contribution in [2.45, 2.75) is 70.1 Å². The number of aliphatic hydroxyl groups is 1. The van der Waals surface area contributed by atoms with E-state index >= 15 is 0 Å². The van der Waals surface area contributed by atoms with Gasteiger partial charge in [-0.1, -0.05) is 18.2 Å². The summed E-state index contributed by atoms with van der Waals surface area (Å²) >= 11 is 0. The van der Waals surface area contributed by atoms with Crippen LogP contribution in [-0.2, 0) is 4.79 Å². The highest BCUT2D eigenvalue weighted by atomic mass is 16.3. The highest BCUT2D eigenvalue weighted by Crippen LogP contribution is 2.55. The molecule has 0 aliphatic heterocycles. The number of rotatable bonds is 4. The Morgan fingerprint density at radius 2 is 1.80 bits per heavy atom. The van der Waals surface area contributed by atoms with Gasteiger partial charge in [0.2, 0.25) is 5.91 Å². The minimum absolute atomic E-state index is 0.0558. The van der Waals surface area contributed by atoms with Crippen molar-refractivity contribution >= 4 is 11.6 Å². The third-order valence-corrected chi connectivity index (χ3v) is 6.70. The number of anilines is 1. The third kappa shape index (κ3) is 3.05. The molecule has 25 heavy (non-hydrogen) atoms. The van der Waals surface area contributed by atoms with Crippen LogP contribution in [0.1, 0.15) is 51.5 Å². The van der Waals surface area contributed by atoms with Crippen LogP contribution in [0.4, 0.5) is 5.69 Å². The van der Waals surface area contributed by atoms with Crippen LogP contribution in [0.2, 0.25) is 0 Å². The summed E-state index contributed by atoms with van der Waals surface area (Å²) in [6.45, 7) is 5.94. The van der Waals surface area contributed by atoms with Crippen LogP contribution in [0.5, 0.6) is 0 Å². The topological polar surface area (TPSA) is 61.4 Å². The third-order valence-electron chi connectivity index (χ3n) is 6.70. The van der Waals surface area contributed by atoms with E-state index in [4.69, 9.17) is 0 Å². The normalized spacial score (nSPS) is 36.3. The number of carbonyl (C=O) groups excluding carboxylic acids is 1. The molecule has 4 saturated carbocycles. The van der Waals surface area contributed by atoms with Gasteiger partial charge in [-0.15, -0.1) is 0 Å². The summed E-state index contributed by atoms with van der Waals surface area (Å²) in [5.74, 6) is 1.60. The van der Waals surface area contributed by atoms with E-state index in [-0.39, 0.29) is 11.9 Å². The molecule has 0 heterocycles. The molecule has 3 N–H and O–H groups in total.